The Hall–Kier alpha value is -3.59. The lowest BCUT2D eigenvalue weighted by molar-refractivity contribution is 0.0835. The predicted octanol–water partition coefficient (Wildman–Crippen LogP) is 3.12. The topological polar surface area (TPSA) is 92.6 Å². The van der Waals surface area contributed by atoms with E-state index in [9.17, 15) is 14.0 Å². The quantitative estimate of drug-likeness (QED) is 0.510. The Balaban J connectivity index is 1.48. The molecule has 1 saturated heterocycles. The number of rotatable bonds is 2. The normalized spacial score (nSPS) is 16.6. The first-order chi connectivity index (χ1) is 16.0. The number of halogens is 1. The van der Waals surface area contributed by atoms with Crippen molar-refractivity contribution < 1.29 is 13.9 Å². The van der Waals surface area contributed by atoms with Crippen LogP contribution in [-0.4, -0.2) is 45.0 Å². The third-order valence-corrected chi connectivity index (χ3v) is 6.69. The van der Waals surface area contributed by atoms with Gasteiger partial charge in [-0.3, -0.25) is 18.9 Å². The Morgan fingerprint density at radius 2 is 1.97 bits per heavy atom. The van der Waals surface area contributed by atoms with E-state index in [1.165, 1.54) is 6.07 Å². The summed E-state index contributed by atoms with van der Waals surface area (Å²) in [7, 11) is 0. The van der Waals surface area contributed by atoms with Gasteiger partial charge in [0.25, 0.3) is 11.5 Å². The van der Waals surface area contributed by atoms with Gasteiger partial charge >= 0.3 is 0 Å². The van der Waals surface area contributed by atoms with E-state index in [2.05, 4.69) is 15.0 Å². The Morgan fingerprint density at radius 3 is 2.79 bits per heavy atom. The highest BCUT2D eigenvalue weighted by Gasteiger charge is 2.29. The Morgan fingerprint density at radius 1 is 1.15 bits per heavy atom. The number of imidazole rings is 1. The van der Waals surface area contributed by atoms with Gasteiger partial charge in [0, 0.05) is 31.2 Å². The molecule has 1 fully saturated rings. The number of amides is 1. The number of ether oxygens (including phenoxy) is 1. The highest BCUT2D eigenvalue weighted by molar-refractivity contribution is 6.09. The van der Waals surface area contributed by atoms with Crippen LogP contribution in [0.4, 0.5) is 10.2 Å². The number of carbonyl (C=O) groups is 1. The van der Waals surface area contributed by atoms with Crippen molar-refractivity contribution in [3.63, 3.8) is 0 Å². The number of benzene rings is 1. The molecule has 168 valence electrons. The van der Waals surface area contributed by atoms with E-state index in [1.54, 1.807) is 17.2 Å². The smallest absolute Gasteiger partial charge is 0.274 e. The number of aryl methyl sites for hydroxylation is 1. The molecule has 4 aromatic rings. The summed E-state index contributed by atoms with van der Waals surface area (Å²) in [5, 5.41) is 0. The monoisotopic (exact) mass is 447 g/mol. The van der Waals surface area contributed by atoms with Gasteiger partial charge in [0.15, 0.2) is 0 Å². The van der Waals surface area contributed by atoms with Crippen molar-refractivity contribution in [2.75, 3.05) is 24.7 Å². The van der Waals surface area contributed by atoms with Gasteiger partial charge in [0.2, 0.25) is 0 Å². The van der Waals surface area contributed by atoms with E-state index in [0.717, 1.165) is 41.5 Å². The molecule has 0 radical (unpaired) electrons. The fourth-order valence-electron chi connectivity index (χ4n) is 5.00. The third kappa shape index (κ3) is 3.14. The summed E-state index contributed by atoms with van der Waals surface area (Å²) in [5.41, 5.74) is 3.59. The molecule has 0 spiro atoms. The molecule has 1 aromatic carbocycles. The van der Waals surface area contributed by atoms with E-state index in [-0.39, 0.29) is 17.4 Å². The van der Waals surface area contributed by atoms with Crippen molar-refractivity contribution >= 4 is 28.3 Å². The molecule has 2 aliphatic heterocycles. The number of hydrogen-bond acceptors (Lipinski definition) is 5. The Labute approximate surface area is 188 Å². The Kier molecular flexibility index (Phi) is 4.55. The maximum atomic E-state index is 13.5. The molecule has 3 aromatic heterocycles. The fraction of sp³-hybridized carbons (Fsp3) is 0.333. The van der Waals surface area contributed by atoms with E-state index in [1.807, 2.05) is 17.4 Å². The standard InChI is InChI=1S/C24H22FN5O3/c1-13-8-19-18(10-17(13)24(32)29-5-2-15-9-16(25)11-26-21(15)29)28-23(31)20-12-27-22(30(19)20)14-3-6-33-7-4-14/h8-12,14H,2-7H2,1H3,(H,28,31). The number of pyridine rings is 1. The van der Waals surface area contributed by atoms with Crippen molar-refractivity contribution in [1.29, 1.82) is 0 Å². The molecule has 1 N–H and O–H groups in total. The van der Waals surface area contributed by atoms with Gasteiger partial charge in [0.1, 0.15) is 23.0 Å². The first kappa shape index (κ1) is 20.0. The molecule has 6 rings (SSSR count). The van der Waals surface area contributed by atoms with Crippen LogP contribution in [0.25, 0.3) is 16.6 Å². The SMILES string of the molecule is Cc1cc2c(cc1C(=O)N1CCc3cc(F)cnc31)[nH]c(=O)c1cnc(C3CCOCC3)n12. The van der Waals surface area contributed by atoms with E-state index in [4.69, 9.17) is 4.74 Å². The molecule has 0 atom stereocenters. The lowest BCUT2D eigenvalue weighted by Gasteiger charge is -2.22. The maximum absolute atomic E-state index is 13.5. The molecule has 5 heterocycles. The second-order valence-electron chi connectivity index (χ2n) is 8.71. The number of carbonyl (C=O) groups excluding carboxylic acids is 1. The van der Waals surface area contributed by atoms with Gasteiger partial charge in [-0.2, -0.15) is 0 Å². The van der Waals surface area contributed by atoms with Gasteiger partial charge in [-0.15, -0.1) is 0 Å². The van der Waals surface area contributed by atoms with Gasteiger partial charge in [0.05, 0.1) is 23.4 Å². The summed E-state index contributed by atoms with van der Waals surface area (Å²) >= 11 is 0. The van der Waals surface area contributed by atoms with Crippen molar-refractivity contribution in [1.82, 2.24) is 19.4 Å². The molecule has 0 saturated carbocycles. The number of aromatic amines is 1. The molecule has 33 heavy (non-hydrogen) atoms. The highest BCUT2D eigenvalue weighted by atomic mass is 19.1. The van der Waals surface area contributed by atoms with Crippen LogP contribution in [0, 0.1) is 12.7 Å². The largest absolute Gasteiger partial charge is 0.381 e. The molecular formula is C24H22FN5O3. The predicted molar refractivity (Wildman–Crippen MR) is 120 cm³/mol. The number of aromatic nitrogens is 4. The minimum Gasteiger partial charge on any atom is -0.381 e. The molecule has 0 bridgehead atoms. The molecule has 1 amide bonds. The molecule has 2 aliphatic rings. The zero-order valence-electron chi connectivity index (χ0n) is 18.1. The summed E-state index contributed by atoms with van der Waals surface area (Å²) in [4.78, 5) is 39.5. The van der Waals surface area contributed by atoms with E-state index in [0.29, 0.717) is 48.6 Å². The second-order valence-corrected chi connectivity index (χ2v) is 8.71. The zero-order chi connectivity index (χ0) is 22.7. The van der Waals surface area contributed by atoms with Crippen LogP contribution in [-0.2, 0) is 11.2 Å². The number of H-pyrrole nitrogens is 1. The molecular weight excluding hydrogens is 425 g/mol. The van der Waals surface area contributed by atoms with Gasteiger partial charge in [-0.05, 0) is 55.5 Å². The number of hydrogen-bond donors (Lipinski definition) is 1. The maximum Gasteiger partial charge on any atom is 0.274 e. The van der Waals surface area contributed by atoms with Crippen LogP contribution >= 0.6 is 0 Å². The van der Waals surface area contributed by atoms with Crippen molar-refractivity contribution in [2.45, 2.75) is 32.1 Å². The van der Waals surface area contributed by atoms with Crippen LogP contribution in [0.5, 0.6) is 0 Å². The van der Waals surface area contributed by atoms with Crippen LogP contribution in [0.15, 0.2) is 35.4 Å². The second kappa shape index (κ2) is 7.48. The molecule has 8 nitrogen and oxygen atoms in total. The molecule has 0 unspecified atom stereocenters. The minimum absolute atomic E-state index is 0.209. The van der Waals surface area contributed by atoms with Crippen LogP contribution in [0.1, 0.15) is 46.1 Å². The van der Waals surface area contributed by atoms with Crippen molar-refractivity contribution in [3.8, 4) is 0 Å². The number of anilines is 1. The molecule has 9 heteroatoms. The molecule has 0 aliphatic carbocycles. The minimum atomic E-state index is -0.410. The van der Waals surface area contributed by atoms with Crippen LogP contribution in [0.2, 0.25) is 0 Å². The van der Waals surface area contributed by atoms with Gasteiger partial charge in [-0.25, -0.2) is 14.4 Å². The van der Waals surface area contributed by atoms with Crippen molar-refractivity contribution in [2.24, 2.45) is 0 Å². The summed E-state index contributed by atoms with van der Waals surface area (Å²) in [6.07, 6.45) is 5.00. The first-order valence-electron chi connectivity index (χ1n) is 11.1. The Bertz CT molecular complexity index is 1490. The van der Waals surface area contributed by atoms with Gasteiger partial charge < -0.3 is 9.72 Å². The number of nitrogens with one attached hydrogen (secondary N) is 1. The van der Waals surface area contributed by atoms with E-state index < -0.39 is 5.82 Å². The lowest BCUT2D eigenvalue weighted by atomic mass is 9.99. The first-order valence-corrected chi connectivity index (χ1v) is 11.1. The van der Waals surface area contributed by atoms with Crippen LogP contribution < -0.4 is 10.5 Å². The average molecular weight is 447 g/mol. The highest BCUT2D eigenvalue weighted by Crippen LogP contribution is 2.31. The van der Waals surface area contributed by atoms with Gasteiger partial charge in [-0.1, -0.05) is 0 Å². The lowest BCUT2D eigenvalue weighted by Crippen LogP contribution is -2.30. The van der Waals surface area contributed by atoms with Crippen molar-refractivity contribution in [3.05, 3.63) is 69.3 Å². The zero-order valence-corrected chi connectivity index (χ0v) is 18.1. The average Bonchev–Trinajstić information content (AvgIpc) is 3.44. The summed E-state index contributed by atoms with van der Waals surface area (Å²) in [5.74, 6) is 0.917. The number of nitrogens with zero attached hydrogens (tertiary/aromatic N) is 4. The third-order valence-electron chi connectivity index (χ3n) is 6.69. The number of fused-ring (bicyclic) bond motifs is 4. The van der Waals surface area contributed by atoms with E-state index >= 15 is 0 Å². The summed E-state index contributed by atoms with van der Waals surface area (Å²) in [6.45, 7) is 3.66. The summed E-state index contributed by atoms with van der Waals surface area (Å²) < 4.78 is 21.0. The summed E-state index contributed by atoms with van der Waals surface area (Å²) in [6, 6.07) is 5.07. The van der Waals surface area contributed by atoms with Crippen LogP contribution in [0.3, 0.4) is 0 Å². The fourth-order valence-corrected chi connectivity index (χ4v) is 5.00.